The first-order valence-corrected chi connectivity index (χ1v) is 4.28. The van der Waals surface area contributed by atoms with Gasteiger partial charge in [-0.25, -0.2) is 4.39 Å². The number of hydrogen-bond acceptors (Lipinski definition) is 4. The van der Waals surface area contributed by atoms with Gasteiger partial charge in [-0.3, -0.25) is 0 Å². The Balaban J connectivity index is 2.64. The van der Waals surface area contributed by atoms with Gasteiger partial charge >= 0.3 is 0 Å². The molecule has 0 aromatic heterocycles. The van der Waals surface area contributed by atoms with Crippen LogP contribution in [-0.2, 0) is 0 Å². The maximum absolute atomic E-state index is 13.0. The molecule has 1 aromatic rings. The molecule has 0 saturated heterocycles. The van der Waals surface area contributed by atoms with E-state index in [1.165, 1.54) is 12.1 Å². The molecule has 80 valence electrons. The van der Waals surface area contributed by atoms with E-state index < -0.39 is 18.5 Å². The van der Waals surface area contributed by atoms with Crippen molar-refractivity contribution in [2.75, 3.05) is 13.2 Å². The van der Waals surface area contributed by atoms with E-state index in [4.69, 9.17) is 20.2 Å². The van der Waals surface area contributed by atoms with Crippen LogP contribution in [0.2, 0.25) is 0 Å². The van der Waals surface area contributed by atoms with E-state index in [0.29, 0.717) is 0 Å². The number of benzene rings is 1. The smallest absolute Gasteiger partial charge is 0.144 e. The van der Waals surface area contributed by atoms with E-state index in [-0.39, 0.29) is 17.9 Å². The van der Waals surface area contributed by atoms with Gasteiger partial charge < -0.3 is 14.9 Å². The molecule has 0 spiro atoms. The molecule has 0 aliphatic heterocycles. The number of nitrogens with zero attached hydrogens (tertiary/aromatic N) is 1. The molecule has 0 aliphatic rings. The van der Waals surface area contributed by atoms with E-state index in [0.717, 1.165) is 6.07 Å². The van der Waals surface area contributed by atoms with Crippen LogP contribution < -0.4 is 4.74 Å². The highest BCUT2D eigenvalue weighted by atomic mass is 19.1. The average molecular weight is 211 g/mol. The second-order valence-electron chi connectivity index (χ2n) is 2.90. The van der Waals surface area contributed by atoms with Gasteiger partial charge in [0.2, 0.25) is 0 Å². The summed E-state index contributed by atoms with van der Waals surface area (Å²) in [6.45, 7) is -0.541. The third kappa shape index (κ3) is 3.20. The van der Waals surface area contributed by atoms with Crippen molar-refractivity contribution >= 4 is 0 Å². The lowest BCUT2D eigenvalue weighted by atomic mass is 10.2. The normalized spacial score (nSPS) is 11.9. The molecule has 0 saturated carbocycles. The molecule has 0 radical (unpaired) electrons. The molecule has 1 aromatic carbocycles. The van der Waals surface area contributed by atoms with Crippen molar-refractivity contribution in [2.45, 2.75) is 6.10 Å². The minimum Gasteiger partial charge on any atom is -0.491 e. The summed E-state index contributed by atoms with van der Waals surface area (Å²) in [6, 6.07) is 5.45. The Labute approximate surface area is 86.2 Å². The van der Waals surface area contributed by atoms with Crippen molar-refractivity contribution in [1.29, 1.82) is 5.26 Å². The number of halogens is 1. The molecule has 1 unspecified atom stereocenters. The molecule has 1 atom stereocenters. The second-order valence-corrected chi connectivity index (χ2v) is 2.90. The summed E-state index contributed by atoms with van der Waals surface area (Å²) in [4.78, 5) is 0. The van der Waals surface area contributed by atoms with Gasteiger partial charge in [0.1, 0.15) is 30.3 Å². The molecule has 15 heavy (non-hydrogen) atoms. The topological polar surface area (TPSA) is 73.5 Å². The predicted octanol–water partition coefficient (Wildman–Crippen LogP) is 0.429. The Morgan fingerprint density at radius 1 is 1.53 bits per heavy atom. The van der Waals surface area contributed by atoms with Gasteiger partial charge in [0.25, 0.3) is 0 Å². The van der Waals surface area contributed by atoms with Crippen LogP contribution in [-0.4, -0.2) is 29.5 Å². The van der Waals surface area contributed by atoms with Crippen molar-refractivity contribution in [1.82, 2.24) is 0 Å². The average Bonchev–Trinajstić information content (AvgIpc) is 2.26. The van der Waals surface area contributed by atoms with E-state index in [1.807, 2.05) is 0 Å². The molecular formula is C10H10FNO3. The SMILES string of the molecule is N#Cc1ccc(OCC(O)CO)cc1F. The highest BCUT2D eigenvalue weighted by Crippen LogP contribution is 2.15. The Kier molecular flexibility index (Phi) is 4.03. The highest BCUT2D eigenvalue weighted by Gasteiger charge is 2.06. The fourth-order valence-electron chi connectivity index (χ4n) is 0.921. The Morgan fingerprint density at radius 3 is 2.80 bits per heavy atom. The zero-order valence-electron chi connectivity index (χ0n) is 7.85. The van der Waals surface area contributed by atoms with Crippen LogP contribution in [0.15, 0.2) is 18.2 Å². The maximum atomic E-state index is 13.0. The summed E-state index contributed by atoms with van der Waals surface area (Å²) in [5.74, 6) is -0.465. The molecule has 0 aliphatic carbocycles. The highest BCUT2D eigenvalue weighted by molar-refractivity contribution is 5.36. The van der Waals surface area contributed by atoms with Crippen LogP contribution >= 0.6 is 0 Å². The molecule has 0 fully saturated rings. The molecule has 4 nitrogen and oxygen atoms in total. The monoisotopic (exact) mass is 211 g/mol. The van der Waals surface area contributed by atoms with Crippen molar-refractivity contribution < 1.29 is 19.3 Å². The standard InChI is InChI=1S/C10H10FNO3/c11-10-3-9(2-1-7(10)4-12)15-6-8(14)5-13/h1-3,8,13-14H,5-6H2. The largest absolute Gasteiger partial charge is 0.491 e. The van der Waals surface area contributed by atoms with Gasteiger partial charge in [-0.1, -0.05) is 0 Å². The number of nitriles is 1. The molecule has 5 heteroatoms. The summed E-state index contributed by atoms with van der Waals surface area (Å²) in [6.07, 6.45) is -0.997. The quantitative estimate of drug-likeness (QED) is 0.757. The minimum absolute atomic E-state index is 0.0648. The third-order valence-electron chi connectivity index (χ3n) is 1.71. The zero-order chi connectivity index (χ0) is 11.3. The number of aliphatic hydroxyl groups excluding tert-OH is 2. The third-order valence-corrected chi connectivity index (χ3v) is 1.71. The summed E-state index contributed by atoms with van der Waals surface area (Å²) >= 11 is 0. The number of aliphatic hydroxyl groups is 2. The fraction of sp³-hybridized carbons (Fsp3) is 0.300. The molecule has 0 amide bonds. The van der Waals surface area contributed by atoms with Gasteiger partial charge in [0, 0.05) is 6.07 Å². The van der Waals surface area contributed by atoms with E-state index in [1.54, 1.807) is 6.07 Å². The molecular weight excluding hydrogens is 201 g/mol. The number of rotatable bonds is 4. The predicted molar refractivity (Wildman–Crippen MR) is 49.7 cm³/mol. The van der Waals surface area contributed by atoms with E-state index in [2.05, 4.69) is 0 Å². The zero-order valence-corrected chi connectivity index (χ0v) is 7.85. The van der Waals surface area contributed by atoms with Crippen LogP contribution in [0.3, 0.4) is 0 Å². The van der Waals surface area contributed by atoms with Crippen molar-refractivity contribution in [3.8, 4) is 11.8 Å². The van der Waals surface area contributed by atoms with Crippen LogP contribution in [0.5, 0.6) is 5.75 Å². The summed E-state index contributed by atoms with van der Waals surface area (Å²) in [5, 5.41) is 25.9. The lowest BCUT2D eigenvalue weighted by molar-refractivity contribution is 0.0535. The van der Waals surface area contributed by atoms with Gasteiger partial charge in [-0.2, -0.15) is 5.26 Å². The number of hydrogen-bond donors (Lipinski definition) is 2. The fourth-order valence-corrected chi connectivity index (χ4v) is 0.921. The van der Waals surface area contributed by atoms with Crippen LogP contribution in [0, 0.1) is 17.1 Å². The maximum Gasteiger partial charge on any atom is 0.144 e. The molecule has 2 N–H and O–H groups in total. The minimum atomic E-state index is -0.997. The lowest BCUT2D eigenvalue weighted by Crippen LogP contribution is -2.21. The van der Waals surface area contributed by atoms with Gasteiger partial charge in [-0.15, -0.1) is 0 Å². The van der Waals surface area contributed by atoms with Gasteiger partial charge in [-0.05, 0) is 12.1 Å². The lowest BCUT2D eigenvalue weighted by Gasteiger charge is -2.09. The summed E-state index contributed by atoms with van der Waals surface area (Å²) < 4.78 is 18.0. The van der Waals surface area contributed by atoms with Gasteiger partial charge in [0.05, 0.1) is 12.2 Å². The van der Waals surface area contributed by atoms with Gasteiger partial charge in [0.15, 0.2) is 0 Å². The first-order chi connectivity index (χ1) is 7.17. The van der Waals surface area contributed by atoms with E-state index >= 15 is 0 Å². The molecule has 0 bridgehead atoms. The van der Waals surface area contributed by atoms with Crippen LogP contribution in [0.25, 0.3) is 0 Å². The second kappa shape index (κ2) is 5.29. The molecule has 0 heterocycles. The summed E-state index contributed by atoms with van der Waals surface area (Å²) in [7, 11) is 0. The van der Waals surface area contributed by atoms with Crippen molar-refractivity contribution in [2.24, 2.45) is 0 Å². The van der Waals surface area contributed by atoms with Crippen LogP contribution in [0.1, 0.15) is 5.56 Å². The Bertz CT molecular complexity index is 375. The summed E-state index contributed by atoms with van der Waals surface area (Å²) in [5.41, 5.74) is -0.0648. The van der Waals surface area contributed by atoms with Crippen molar-refractivity contribution in [3.05, 3.63) is 29.6 Å². The first kappa shape index (κ1) is 11.4. The van der Waals surface area contributed by atoms with Crippen molar-refractivity contribution in [3.63, 3.8) is 0 Å². The first-order valence-electron chi connectivity index (χ1n) is 4.28. The molecule has 1 rings (SSSR count). The Morgan fingerprint density at radius 2 is 2.27 bits per heavy atom. The van der Waals surface area contributed by atoms with E-state index in [9.17, 15) is 4.39 Å². The Hall–Kier alpha value is -1.64. The van der Waals surface area contributed by atoms with Crippen LogP contribution in [0.4, 0.5) is 4.39 Å². The number of ether oxygens (including phenoxy) is 1.